The molecule has 1 fully saturated rings. The lowest BCUT2D eigenvalue weighted by atomic mass is 10.2. The van der Waals surface area contributed by atoms with E-state index in [1.165, 1.54) is 36.4 Å². The molecule has 0 bridgehead atoms. The van der Waals surface area contributed by atoms with Gasteiger partial charge in [-0.3, -0.25) is 34.7 Å². The highest BCUT2D eigenvalue weighted by molar-refractivity contribution is 5.92. The van der Waals surface area contributed by atoms with Crippen LogP contribution in [-0.4, -0.2) is 70.7 Å². The van der Waals surface area contributed by atoms with E-state index in [2.05, 4.69) is 10.2 Å². The van der Waals surface area contributed by atoms with E-state index < -0.39 is 9.85 Å². The van der Waals surface area contributed by atoms with E-state index in [-0.39, 0.29) is 23.2 Å². The average molecular weight is 479 g/mol. The van der Waals surface area contributed by atoms with Crippen LogP contribution in [0.4, 0.5) is 11.4 Å². The first-order valence-electron chi connectivity index (χ1n) is 11.0. The first kappa shape index (κ1) is 25.2. The fraction of sp³-hybridized carbons (Fsp3) is 0.250. The molecule has 2 aromatic carbocycles. The van der Waals surface area contributed by atoms with Crippen molar-refractivity contribution in [1.82, 2.24) is 15.1 Å². The van der Waals surface area contributed by atoms with Gasteiger partial charge in [-0.1, -0.05) is 0 Å². The fourth-order valence-electron chi connectivity index (χ4n) is 3.45. The zero-order chi connectivity index (χ0) is 25.2. The summed E-state index contributed by atoms with van der Waals surface area (Å²) in [6.07, 6.45) is 6.08. The maximum atomic E-state index is 12.4. The molecule has 0 saturated carbocycles. The number of nitro benzene ring substituents is 2. The molecule has 0 atom stereocenters. The summed E-state index contributed by atoms with van der Waals surface area (Å²) in [5.41, 5.74) is 1.39. The van der Waals surface area contributed by atoms with Crippen molar-refractivity contribution in [3.8, 4) is 0 Å². The molecule has 1 aliphatic heterocycles. The second-order valence-electron chi connectivity index (χ2n) is 7.82. The molecule has 0 aliphatic carbocycles. The van der Waals surface area contributed by atoms with E-state index >= 15 is 0 Å². The lowest BCUT2D eigenvalue weighted by Gasteiger charge is -2.34. The average Bonchev–Trinajstić information content (AvgIpc) is 2.87. The Morgan fingerprint density at radius 2 is 1.29 bits per heavy atom. The van der Waals surface area contributed by atoms with Crippen molar-refractivity contribution in [2.45, 2.75) is 0 Å². The molecule has 1 N–H and O–H groups in total. The zero-order valence-electron chi connectivity index (χ0n) is 18.9. The standard InChI is InChI=1S/C24H25N5O6/c30-23(11-5-19-1-7-21(8-2-19)28(32)33)25-13-14-26-15-17-27(18-16-26)24(31)12-6-20-3-9-22(10-4-20)29(34)35/h1-12H,13-18H2,(H,25,30)/b11-5-,12-6-. The van der Waals surface area contributed by atoms with Gasteiger partial charge in [0.2, 0.25) is 11.8 Å². The fourth-order valence-corrected chi connectivity index (χ4v) is 3.45. The van der Waals surface area contributed by atoms with Gasteiger partial charge in [-0.05, 0) is 47.5 Å². The lowest BCUT2D eigenvalue weighted by Crippen LogP contribution is -2.49. The SMILES string of the molecule is O=C(/C=C\c1ccc([N+](=O)[O-])cc1)NCCN1CCN(C(=O)/C=C\c2ccc([N+](=O)[O-])cc2)CC1. The highest BCUT2D eigenvalue weighted by Gasteiger charge is 2.19. The number of piperazine rings is 1. The molecule has 0 aromatic heterocycles. The van der Waals surface area contributed by atoms with Gasteiger partial charge in [0, 0.05) is 75.7 Å². The number of benzene rings is 2. The van der Waals surface area contributed by atoms with Gasteiger partial charge in [0.25, 0.3) is 11.4 Å². The summed E-state index contributed by atoms with van der Waals surface area (Å²) in [4.78, 5) is 48.7. The van der Waals surface area contributed by atoms with Gasteiger partial charge in [-0.15, -0.1) is 0 Å². The number of nitrogens with zero attached hydrogens (tertiary/aromatic N) is 4. The van der Waals surface area contributed by atoms with Crippen LogP contribution in [0.5, 0.6) is 0 Å². The lowest BCUT2D eigenvalue weighted by molar-refractivity contribution is -0.385. The van der Waals surface area contributed by atoms with Crippen molar-refractivity contribution in [3.63, 3.8) is 0 Å². The van der Waals surface area contributed by atoms with Crippen LogP contribution in [0.15, 0.2) is 60.7 Å². The quantitative estimate of drug-likeness (QED) is 0.331. The number of hydrogen-bond acceptors (Lipinski definition) is 7. The highest BCUT2D eigenvalue weighted by Crippen LogP contribution is 2.14. The largest absolute Gasteiger partial charge is 0.351 e. The van der Waals surface area contributed by atoms with E-state index in [0.717, 1.165) is 0 Å². The normalized spacial score (nSPS) is 14.3. The van der Waals surface area contributed by atoms with Crippen LogP contribution >= 0.6 is 0 Å². The van der Waals surface area contributed by atoms with Crippen LogP contribution in [0.3, 0.4) is 0 Å². The summed E-state index contributed by atoms with van der Waals surface area (Å²) in [6.45, 7) is 3.61. The molecule has 11 heteroatoms. The van der Waals surface area contributed by atoms with Crippen molar-refractivity contribution in [3.05, 3.63) is 92.0 Å². The molecule has 3 rings (SSSR count). The second kappa shape index (κ2) is 12.2. The minimum absolute atomic E-state index is 0.00120. The minimum atomic E-state index is -0.478. The number of non-ortho nitro benzene ring substituents is 2. The number of carbonyl (C=O) groups excluding carboxylic acids is 2. The van der Waals surface area contributed by atoms with Crippen LogP contribution in [0.2, 0.25) is 0 Å². The van der Waals surface area contributed by atoms with E-state index in [1.54, 1.807) is 41.3 Å². The van der Waals surface area contributed by atoms with Crippen molar-refractivity contribution in [1.29, 1.82) is 0 Å². The first-order valence-corrected chi connectivity index (χ1v) is 11.0. The van der Waals surface area contributed by atoms with E-state index in [4.69, 9.17) is 0 Å². The number of nitro groups is 2. The Morgan fingerprint density at radius 1 is 0.800 bits per heavy atom. The smallest absolute Gasteiger partial charge is 0.269 e. The van der Waals surface area contributed by atoms with Gasteiger partial charge < -0.3 is 10.2 Å². The molecule has 1 aliphatic rings. The Balaban J connectivity index is 1.35. The number of nitrogens with one attached hydrogen (secondary N) is 1. The van der Waals surface area contributed by atoms with Crippen molar-refractivity contribution in [2.24, 2.45) is 0 Å². The third-order valence-corrected chi connectivity index (χ3v) is 5.46. The predicted octanol–water partition coefficient (Wildman–Crippen LogP) is 2.49. The Kier molecular flexibility index (Phi) is 8.79. The van der Waals surface area contributed by atoms with Crippen molar-refractivity contribution >= 4 is 35.3 Å². The monoisotopic (exact) mass is 479 g/mol. The van der Waals surface area contributed by atoms with Gasteiger partial charge >= 0.3 is 0 Å². The molecule has 0 radical (unpaired) electrons. The highest BCUT2D eigenvalue weighted by atomic mass is 16.6. The molecule has 1 heterocycles. The Hall–Kier alpha value is -4.38. The second-order valence-corrected chi connectivity index (χ2v) is 7.82. The molecule has 11 nitrogen and oxygen atoms in total. The molecular weight excluding hydrogens is 454 g/mol. The first-order chi connectivity index (χ1) is 16.8. The van der Waals surface area contributed by atoms with Crippen LogP contribution in [-0.2, 0) is 9.59 Å². The number of carbonyl (C=O) groups is 2. The summed E-state index contributed by atoms with van der Waals surface area (Å²) >= 11 is 0. The number of amides is 2. The molecule has 0 unspecified atom stereocenters. The minimum Gasteiger partial charge on any atom is -0.351 e. The van der Waals surface area contributed by atoms with Crippen LogP contribution < -0.4 is 5.32 Å². The van der Waals surface area contributed by atoms with Crippen molar-refractivity contribution < 1.29 is 19.4 Å². The van der Waals surface area contributed by atoms with Gasteiger partial charge in [0.1, 0.15) is 0 Å². The Bertz CT molecular complexity index is 1120. The molecule has 35 heavy (non-hydrogen) atoms. The molecular formula is C24H25N5O6. The summed E-state index contributed by atoms with van der Waals surface area (Å²) in [5, 5.41) is 24.2. The summed E-state index contributed by atoms with van der Waals surface area (Å²) in [7, 11) is 0. The topological polar surface area (TPSA) is 139 Å². The molecule has 2 aromatic rings. The summed E-state index contributed by atoms with van der Waals surface area (Å²) < 4.78 is 0. The van der Waals surface area contributed by atoms with Gasteiger partial charge in [0.05, 0.1) is 9.85 Å². The molecule has 0 spiro atoms. The Labute approximate surface area is 201 Å². The molecule has 1 saturated heterocycles. The third kappa shape index (κ3) is 7.86. The van der Waals surface area contributed by atoms with Gasteiger partial charge in [-0.25, -0.2) is 0 Å². The van der Waals surface area contributed by atoms with Crippen LogP contribution in [0, 0.1) is 20.2 Å². The number of hydrogen-bond donors (Lipinski definition) is 1. The summed E-state index contributed by atoms with van der Waals surface area (Å²) in [5.74, 6) is -0.374. The van der Waals surface area contributed by atoms with Crippen molar-refractivity contribution in [2.75, 3.05) is 39.3 Å². The zero-order valence-corrected chi connectivity index (χ0v) is 18.9. The van der Waals surface area contributed by atoms with E-state index in [9.17, 15) is 29.8 Å². The summed E-state index contributed by atoms with van der Waals surface area (Å²) in [6, 6.07) is 11.9. The Morgan fingerprint density at radius 3 is 1.77 bits per heavy atom. The molecule has 2 amide bonds. The predicted molar refractivity (Wildman–Crippen MR) is 130 cm³/mol. The van der Waals surface area contributed by atoms with Crippen LogP contribution in [0.1, 0.15) is 11.1 Å². The maximum Gasteiger partial charge on any atom is 0.269 e. The third-order valence-electron chi connectivity index (χ3n) is 5.46. The van der Waals surface area contributed by atoms with Crippen LogP contribution in [0.25, 0.3) is 12.2 Å². The maximum absolute atomic E-state index is 12.4. The van der Waals surface area contributed by atoms with E-state index in [1.807, 2.05) is 0 Å². The van der Waals surface area contributed by atoms with E-state index in [0.29, 0.717) is 50.4 Å². The van der Waals surface area contributed by atoms with Gasteiger partial charge in [0.15, 0.2) is 0 Å². The number of rotatable bonds is 9. The molecule has 182 valence electrons. The van der Waals surface area contributed by atoms with Gasteiger partial charge in [-0.2, -0.15) is 0 Å².